The average molecular weight is 514 g/mol. The van der Waals surface area contributed by atoms with E-state index in [4.69, 9.17) is 16.1 Å². The highest BCUT2D eigenvalue weighted by Crippen LogP contribution is 2.46. The second-order valence-electron chi connectivity index (χ2n) is 8.13. The van der Waals surface area contributed by atoms with E-state index in [9.17, 15) is 33.8 Å². The van der Waals surface area contributed by atoms with Crippen LogP contribution in [0.15, 0.2) is 22.7 Å². The number of halogens is 2. The van der Waals surface area contributed by atoms with E-state index in [0.717, 1.165) is 29.7 Å². The maximum atomic E-state index is 14.5. The quantitative estimate of drug-likeness (QED) is 0.529. The number of aryl methyl sites for hydroxylation is 1. The van der Waals surface area contributed by atoms with E-state index in [-0.39, 0.29) is 27.6 Å². The molecule has 2 unspecified atom stereocenters. The number of amides is 2. The maximum Gasteiger partial charge on any atom is 0.329 e. The third-order valence-electron chi connectivity index (χ3n) is 5.36. The Kier molecular flexibility index (Phi) is 6.94. The van der Waals surface area contributed by atoms with Crippen LogP contribution >= 0.6 is 23.4 Å². The van der Waals surface area contributed by atoms with Crippen LogP contribution in [0.5, 0.6) is 0 Å². The van der Waals surface area contributed by atoms with Gasteiger partial charge in [-0.05, 0) is 32.9 Å². The van der Waals surface area contributed by atoms with Gasteiger partial charge in [0.25, 0.3) is 5.91 Å². The molecule has 2 amide bonds. The first-order chi connectivity index (χ1) is 15.8. The lowest BCUT2D eigenvalue weighted by Crippen LogP contribution is -2.57. The number of hydrogen-bond donors (Lipinski definition) is 3. The molecule has 0 saturated carbocycles. The monoisotopic (exact) mass is 513 g/mol. The Morgan fingerprint density at radius 3 is 2.47 bits per heavy atom. The van der Waals surface area contributed by atoms with Crippen LogP contribution in [0.1, 0.15) is 36.9 Å². The Bertz CT molecular complexity index is 1160. The van der Waals surface area contributed by atoms with Crippen molar-refractivity contribution in [1.82, 2.24) is 15.4 Å². The first-order valence-corrected chi connectivity index (χ1v) is 11.2. The van der Waals surface area contributed by atoms with Crippen molar-refractivity contribution >= 4 is 47.1 Å². The molecule has 1 saturated heterocycles. The third-order valence-corrected chi connectivity index (χ3v) is 7.25. The van der Waals surface area contributed by atoms with E-state index in [1.165, 1.54) is 19.1 Å². The molecule has 13 heteroatoms. The van der Waals surface area contributed by atoms with Crippen LogP contribution in [0.4, 0.5) is 4.39 Å². The molecule has 2 heterocycles. The lowest BCUT2D eigenvalue weighted by atomic mass is 10.0. The molecule has 0 aliphatic carbocycles. The fraction of sp³-hybridized carbons (Fsp3) is 0.381. The number of carbonyl (C=O) groups is 4. The van der Waals surface area contributed by atoms with Gasteiger partial charge in [-0.3, -0.25) is 9.59 Å². The lowest BCUT2D eigenvalue weighted by Gasteiger charge is -2.31. The van der Waals surface area contributed by atoms with Gasteiger partial charge in [0.15, 0.2) is 6.04 Å². The normalized spacial score (nSPS) is 20.1. The van der Waals surface area contributed by atoms with E-state index < -0.39 is 51.8 Å². The van der Waals surface area contributed by atoms with Crippen LogP contribution in [0.25, 0.3) is 11.3 Å². The number of carboxylic acid groups (broad SMARTS) is 2. The van der Waals surface area contributed by atoms with Gasteiger partial charge in [-0.25, -0.2) is 14.0 Å². The minimum Gasteiger partial charge on any atom is -0.480 e. The van der Waals surface area contributed by atoms with Crippen LogP contribution in [0.3, 0.4) is 0 Å². The van der Waals surface area contributed by atoms with Crippen molar-refractivity contribution in [2.24, 2.45) is 0 Å². The maximum absolute atomic E-state index is 14.5. The van der Waals surface area contributed by atoms with Crippen molar-refractivity contribution in [3.63, 3.8) is 0 Å². The Morgan fingerprint density at radius 2 is 1.94 bits per heavy atom. The van der Waals surface area contributed by atoms with Crippen LogP contribution < -0.4 is 5.32 Å². The Morgan fingerprint density at radius 1 is 1.29 bits per heavy atom. The van der Waals surface area contributed by atoms with Gasteiger partial charge >= 0.3 is 11.9 Å². The average Bonchev–Trinajstić information content (AvgIpc) is 3.22. The molecule has 1 fully saturated rings. The van der Waals surface area contributed by atoms with Gasteiger partial charge in [0.05, 0.1) is 10.6 Å². The summed E-state index contributed by atoms with van der Waals surface area (Å²) in [4.78, 5) is 50.5. The highest BCUT2D eigenvalue weighted by atomic mass is 35.5. The van der Waals surface area contributed by atoms with Gasteiger partial charge in [-0.15, -0.1) is 11.8 Å². The number of nitrogens with one attached hydrogen (secondary N) is 1. The molecule has 2 aromatic rings. The lowest BCUT2D eigenvalue weighted by molar-refractivity contribution is -0.152. The van der Waals surface area contributed by atoms with Crippen LogP contribution in [0.2, 0.25) is 5.02 Å². The summed E-state index contributed by atoms with van der Waals surface area (Å²) in [7, 11) is 0. The zero-order chi connectivity index (χ0) is 25.5. The summed E-state index contributed by atoms with van der Waals surface area (Å²) in [5.41, 5.74) is -0.677. The number of benzene rings is 1. The summed E-state index contributed by atoms with van der Waals surface area (Å²) in [6.07, 6.45) is 0. The van der Waals surface area contributed by atoms with Crippen molar-refractivity contribution in [1.29, 1.82) is 0 Å². The molecule has 10 nitrogen and oxygen atoms in total. The molecule has 1 aromatic carbocycles. The number of aromatic nitrogens is 1. The number of thioether (sulfide) groups is 1. The summed E-state index contributed by atoms with van der Waals surface area (Å²) in [6.45, 7) is 5.63. The molecular weight excluding hydrogens is 493 g/mol. The molecule has 3 rings (SSSR count). The van der Waals surface area contributed by atoms with Crippen LogP contribution in [-0.4, -0.2) is 66.2 Å². The third kappa shape index (κ3) is 4.47. The molecule has 34 heavy (non-hydrogen) atoms. The van der Waals surface area contributed by atoms with E-state index >= 15 is 0 Å². The first kappa shape index (κ1) is 25.5. The zero-order valence-corrected chi connectivity index (χ0v) is 20.0. The number of nitrogens with zero attached hydrogens (tertiary/aromatic N) is 2. The fourth-order valence-electron chi connectivity index (χ4n) is 3.92. The number of aliphatic carboxylic acids is 2. The van der Waals surface area contributed by atoms with Crippen LogP contribution in [-0.2, 0) is 14.4 Å². The number of hydrogen-bond acceptors (Lipinski definition) is 7. The molecule has 3 atom stereocenters. The molecule has 182 valence electrons. The SMILES string of the molecule is CC(=O)N1C(C(NC(=O)c2c(-c3c(F)cccc3Cl)noc2C)C(=O)O)SC(C)(C)[C@@H]1C(=O)O. The topological polar surface area (TPSA) is 150 Å². The molecule has 0 bridgehead atoms. The zero-order valence-electron chi connectivity index (χ0n) is 18.5. The molecule has 3 N–H and O–H groups in total. The summed E-state index contributed by atoms with van der Waals surface area (Å²) in [6, 6.07) is 0.829. The van der Waals surface area contributed by atoms with E-state index in [0.29, 0.717) is 0 Å². The minimum absolute atomic E-state index is 0.0257. The molecule has 1 aliphatic heterocycles. The van der Waals surface area contributed by atoms with Gasteiger partial charge in [-0.1, -0.05) is 22.8 Å². The van der Waals surface area contributed by atoms with Gasteiger partial charge in [0, 0.05) is 11.7 Å². The Labute approximate surface area is 202 Å². The fourth-order valence-corrected chi connectivity index (χ4v) is 5.85. The first-order valence-electron chi connectivity index (χ1n) is 9.91. The van der Waals surface area contributed by atoms with Gasteiger partial charge in [0.1, 0.15) is 34.3 Å². The second kappa shape index (κ2) is 9.26. The van der Waals surface area contributed by atoms with E-state index in [1.54, 1.807) is 13.8 Å². The standard InChI is InChI=1S/C21H21ClFN3O7S/c1-8-12(14(25-33-8)13-10(22)6-5-7-11(13)23)17(28)24-15(19(29)30)18-26(9(2)27)16(20(31)32)21(3,4)34-18/h5-7,15-16,18H,1-4H3,(H,24,28)(H,29,30)(H,31,32)/t15?,16-,18?/m0/s1. The smallest absolute Gasteiger partial charge is 0.329 e. The van der Waals surface area contributed by atoms with Gasteiger partial charge < -0.3 is 25.0 Å². The van der Waals surface area contributed by atoms with Gasteiger partial charge in [0.2, 0.25) is 5.91 Å². The Balaban J connectivity index is 2.02. The van der Waals surface area contributed by atoms with Crippen molar-refractivity contribution in [3.05, 3.63) is 40.4 Å². The van der Waals surface area contributed by atoms with Crippen molar-refractivity contribution in [2.45, 2.75) is 49.9 Å². The molecule has 0 radical (unpaired) electrons. The number of carbonyl (C=O) groups excluding carboxylic acids is 2. The molecule has 1 aliphatic rings. The predicted octanol–water partition coefficient (Wildman–Crippen LogP) is 2.78. The Hall–Kier alpha value is -3.12. The minimum atomic E-state index is -1.71. The number of carboxylic acids is 2. The van der Waals surface area contributed by atoms with E-state index in [2.05, 4.69) is 10.5 Å². The molecule has 1 aromatic heterocycles. The van der Waals surface area contributed by atoms with Crippen LogP contribution in [0, 0.1) is 12.7 Å². The largest absolute Gasteiger partial charge is 0.480 e. The van der Waals surface area contributed by atoms with Gasteiger partial charge in [-0.2, -0.15) is 0 Å². The summed E-state index contributed by atoms with van der Waals surface area (Å²) in [5, 5.41) is 24.3. The predicted molar refractivity (Wildman–Crippen MR) is 120 cm³/mol. The summed E-state index contributed by atoms with van der Waals surface area (Å²) in [5.74, 6) is -5.25. The second-order valence-corrected chi connectivity index (χ2v) is 10.3. The molecule has 0 spiro atoms. The van der Waals surface area contributed by atoms with Crippen molar-refractivity contribution in [3.8, 4) is 11.3 Å². The highest BCUT2D eigenvalue weighted by Gasteiger charge is 2.56. The van der Waals surface area contributed by atoms with Crippen molar-refractivity contribution < 1.29 is 38.3 Å². The summed E-state index contributed by atoms with van der Waals surface area (Å²) < 4.78 is 18.5. The summed E-state index contributed by atoms with van der Waals surface area (Å²) >= 11 is 7.02. The van der Waals surface area contributed by atoms with E-state index in [1.807, 2.05) is 0 Å². The highest BCUT2D eigenvalue weighted by molar-refractivity contribution is 8.01. The van der Waals surface area contributed by atoms with Crippen molar-refractivity contribution in [2.75, 3.05) is 0 Å². The number of rotatable bonds is 6. The molecular formula is C21H21ClFN3O7S.